The van der Waals surface area contributed by atoms with E-state index in [0.717, 1.165) is 18.2 Å². The summed E-state index contributed by atoms with van der Waals surface area (Å²) in [6, 6.07) is 9.55. The molecular formula is C19H21F2N3O2. The Balaban J connectivity index is 1.99. The highest BCUT2D eigenvalue weighted by atomic mass is 19.1. The topological polar surface area (TPSA) is 70.2 Å². The Morgan fingerprint density at radius 2 is 1.69 bits per heavy atom. The highest BCUT2D eigenvalue weighted by Crippen LogP contribution is 2.16. The quantitative estimate of drug-likeness (QED) is 0.708. The molecule has 0 aromatic heterocycles. The van der Waals surface area contributed by atoms with Gasteiger partial charge in [0.05, 0.1) is 17.8 Å². The number of carbonyl (C=O) groups is 2. The van der Waals surface area contributed by atoms with Gasteiger partial charge in [-0.15, -0.1) is 0 Å². The molecule has 2 aromatic carbocycles. The van der Waals surface area contributed by atoms with Crippen molar-refractivity contribution in [2.75, 3.05) is 23.7 Å². The first kappa shape index (κ1) is 19.4. The van der Waals surface area contributed by atoms with Crippen LogP contribution in [0.3, 0.4) is 0 Å². The Hall–Kier alpha value is -2.96. The highest BCUT2D eigenvalue weighted by molar-refractivity contribution is 6.04. The Morgan fingerprint density at radius 3 is 2.35 bits per heavy atom. The van der Waals surface area contributed by atoms with Gasteiger partial charge in [0, 0.05) is 18.3 Å². The lowest BCUT2D eigenvalue weighted by molar-refractivity contribution is -0.114. The van der Waals surface area contributed by atoms with Gasteiger partial charge in [0.15, 0.2) is 0 Å². The van der Waals surface area contributed by atoms with Crippen LogP contribution in [-0.2, 0) is 4.79 Å². The van der Waals surface area contributed by atoms with Crippen molar-refractivity contribution in [1.29, 1.82) is 0 Å². The molecule has 0 heterocycles. The van der Waals surface area contributed by atoms with E-state index in [4.69, 9.17) is 0 Å². The van der Waals surface area contributed by atoms with Crippen molar-refractivity contribution in [2.45, 2.75) is 13.8 Å². The molecule has 0 radical (unpaired) electrons. The van der Waals surface area contributed by atoms with Gasteiger partial charge in [-0.2, -0.15) is 0 Å². The number of nitrogens with one attached hydrogen (secondary N) is 3. The fourth-order valence-electron chi connectivity index (χ4n) is 2.21. The van der Waals surface area contributed by atoms with Crippen LogP contribution in [0.5, 0.6) is 0 Å². The van der Waals surface area contributed by atoms with Crippen LogP contribution in [0.15, 0.2) is 42.5 Å². The van der Waals surface area contributed by atoms with Crippen LogP contribution in [0.25, 0.3) is 0 Å². The molecule has 0 spiro atoms. The molecule has 2 rings (SSSR count). The fourth-order valence-corrected chi connectivity index (χ4v) is 2.21. The highest BCUT2D eigenvalue weighted by Gasteiger charge is 2.13. The summed E-state index contributed by atoms with van der Waals surface area (Å²) in [6.45, 7) is 4.28. The van der Waals surface area contributed by atoms with E-state index < -0.39 is 17.5 Å². The second-order valence-corrected chi connectivity index (χ2v) is 6.21. The Bertz CT molecular complexity index is 774. The molecule has 0 saturated carbocycles. The van der Waals surface area contributed by atoms with E-state index in [1.54, 1.807) is 24.3 Å². The average molecular weight is 361 g/mol. The summed E-state index contributed by atoms with van der Waals surface area (Å²) >= 11 is 0. The first-order chi connectivity index (χ1) is 12.3. The summed E-state index contributed by atoms with van der Waals surface area (Å²) in [6.07, 6.45) is 0. The molecule has 2 amide bonds. The predicted octanol–water partition coefficient (Wildman–Crippen LogP) is 3.40. The molecule has 5 nitrogen and oxygen atoms in total. The molecule has 0 aliphatic carbocycles. The van der Waals surface area contributed by atoms with Crippen molar-refractivity contribution in [2.24, 2.45) is 5.92 Å². The fraction of sp³-hybridized carbons (Fsp3) is 0.263. The maximum absolute atomic E-state index is 13.1. The molecule has 0 saturated heterocycles. The molecule has 7 heteroatoms. The van der Waals surface area contributed by atoms with Crippen molar-refractivity contribution in [1.82, 2.24) is 5.32 Å². The third kappa shape index (κ3) is 5.84. The molecule has 26 heavy (non-hydrogen) atoms. The van der Waals surface area contributed by atoms with Gasteiger partial charge in [0.1, 0.15) is 11.6 Å². The molecule has 0 bridgehead atoms. The summed E-state index contributed by atoms with van der Waals surface area (Å²) < 4.78 is 26.3. The second-order valence-electron chi connectivity index (χ2n) is 6.21. The zero-order chi connectivity index (χ0) is 19.1. The normalized spacial score (nSPS) is 10.5. The van der Waals surface area contributed by atoms with Gasteiger partial charge in [-0.25, -0.2) is 8.78 Å². The van der Waals surface area contributed by atoms with E-state index in [0.29, 0.717) is 23.7 Å². The summed E-state index contributed by atoms with van der Waals surface area (Å²) in [4.78, 5) is 24.3. The minimum absolute atomic E-state index is 0.153. The van der Waals surface area contributed by atoms with Gasteiger partial charge in [0.25, 0.3) is 5.91 Å². The molecule has 2 aromatic rings. The van der Waals surface area contributed by atoms with Gasteiger partial charge >= 0.3 is 0 Å². The molecule has 3 N–H and O–H groups in total. The van der Waals surface area contributed by atoms with E-state index in [9.17, 15) is 18.4 Å². The summed E-state index contributed by atoms with van der Waals surface area (Å²) in [7, 11) is 0. The number of para-hydroxylation sites is 1. The van der Waals surface area contributed by atoms with Gasteiger partial charge in [-0.05, 0) is 30.2 Å². The minimum atomic E-state index is -0.736. The molecule has 138 valence electrons. The predicted molar refractivity (Wildman–Crippen MR) is 97.1 cm³/mol. The van der Waals surface area contributed by atoms with E-state index in [-0.39, 0.29) is 18.1 Å². The van der Waals surface area contributed by atoms with E-state index in [1.807, 2.05) is 13.8 Å². The van der Waals surface area contributed by atoms with Gasteiger partial charge in [-0.3, -0.25) is 9.59 Å². The maximum Gasteiger partial charge on any atom is 0.253 e. The lowest BCUT2D eigenvalue weighted by Crippen LogP contribution is -2.29. The van der Waals surface area contributed by atoms with Gasteiger partial charge < -0.3 is 16.0 Å². The lowest BCUT2D eigenvalue weighted by atomic mass is 10.1. The number of carbonyl (C=O) groups excluding carboxylic acids is 2. The van der Waals surface area contributed by atoms with Crippen LogP contribution in [0.4, 0.5) is 20.2 Å². The molecule has 0 atom stereocenters. The second kappa shape index (κ2) is 8.94. The summed E-state index contributed by atoms with van der Waals surface area (Å²) in [5.74, 6) is -1.90. The average Bonchev–Trinajstić information content (AvgIpc) is 2.57. The number of amides is 2. The number of hydrogen-bond acceptors (Lipinski definition) is 3. The van der Waals surface area contributed by atoms with E-state index >= 15 is 0 Å². The van der Waals surface area contributed by atoms with E-state index in [2.05, 4.69) is 16.0 Å². The van der Waals surface area contributed by atoms with Crippen LogP contribution in [-0.4, -0.2) is 24.9 Å². The van der Waals surface area contributed by atoms with Gasteiger partial charge in [-0.1, -0.05) is 26.0 Å². The van der Waals surface area contributed by atoms with Crippen molar-refractivity contribution in [3.05, 3.63) is 59.7 Å². The zero-order valence-corrected chi connectivity index (χ0v) is 14.6. The van der Waals surface area contributed by atoms with Crippen molar-refractivity contribution in [3.8, 4) is 0 Å². The smallest absolute Gasteiger partial charge is 0.253 e. The van der Waals surface area contributed by atoms with Crippen molar-refractivity contribution >= 4 is 23.2 Å². The molecular weight excluding hydrogens is 340 g/mol. The first-order valence-corrected chi connectivity index (χ1v) is 8.22. The number of rotatable bonds is 7. The number of halogens is 2. The van der Waals surface area contributed by atoms with Crippen LogP contribution >= 0.6 is 0 Å². The van der Waals surface area contributed by atoms with Crippen LogP contribution in [0.1, 0.15) is 24.2 Å². The van der Waals surface area contributed by atoms with Crippen LogP contribution in [0.2, 0.25) is 0 Å². The summed E-state index contributed by atoms with van der Waals surface area (Å²) in [5, 5.41) is 8.06. The molecule has 0 aliphatic heterocycles. The monoisotopic (exact) mass is 361 g/mol. The third-order valence-corrected chi connectivity index (χ3v) is 3.43. The Labute approximate surface area is 150 Å². The maximum atomic E-state index is 13.1. The van der Waals surface area contributed by atoms with Crippen molar-refractivity contribution in [3.63, 3.8) is 0 Å². The van der Waals surface area contributed by atoms with Crippen LogP contribution in [0, 0.1) is 17.6 Å². The van der Waals surface area contributed by atoms with Gasteiger partial charge in [0.2, 0.25) is 5.91 Å². The van der Waals surface area contributed by atoms with E-state index in [1.165, 1.54) is 0 Å². The summed E-state index contributed by atoms with van der Waals surface area (Å²) in [5.41, 5.74) is 0.866. The Morgan fingerprint density at radius 1 is 1.04 bits per heavy atom. The number of hydrogen-bond donors (Lipinski definition) is 3. The number of benzene rings is 2. The lowest BCUT2D eigenvalue weighted by Gasteiger charge is -2.13. The molecule has 0 aliphatic rings. The zero-order valence-electron chi connectivity index (χ0n) is 14.6. The largest absolute Gasteiger partial charge is 0.376 e. The number of anilines is 2. The van der Waals surface area contributed by atoms with Crippen molar-refractivity contribution < 1.29 is 18.4 Å². The molecule has 0 fully saturated rings. The third-order valence-electron chi connectivity index (χ3n) is 3.43. The molecule has 0 unspecified atom stereocenters. The Kier molecular flexibility index (Phi) is 6.66. The van der Waals surface area contributed by atoms with Crippen LogP contribution < -0.4 is 16.0 Å². The SMILES string of the molecule is CC(C)CNC(=O)c1ccccc1NC(=O)CNc1cc(F)cc(F)c1. The first-order valence-electron chi connectivity index (χ1n) is 8.22. The standard InChI is InChI=1S/C19H21F2N3O2/c1-12(2)10-23-19(26)16-5-3-4-6-17(16)24-18(25)11-22-15-8-13(20)7-14(21)9-15/h3-9,12,22H,10-11H2,1-2H3,(H,23,26)(H,24,25). The minimum Gasteiger partial charge on any atom is -0.376 e.